The maximum Gasteiger partial charge on any atom is 0.274 e. The SMILES string of the molecule is CCS(=O)(=O)N1CCN(I)c2cc3c(cc21)-c1cn(C)c(=O)c2[nH]cc(c12)CN3c1ncc(F)cc1F. The van der Waals surface area contributed by atoms with Crippen molar-refractivity contribution in [3.05, 3.63) is 64.3 Å². The van der Waals surface area contributed by atoms with Crippen LogP contribution in [0.3, 0.4) is 0 Å². The van der Waals surface area contributed by atoms with E-state index >= 15 is 4.39 Å². The van der Waals surface area contributed by atoms with Gasteiger partial charge in [-0.25, -0.2) is 22.2 Å². The predicted molar refractivity (Wildman–Crippen MR) is 147 cm³/mol. The van der Waals surface area contributed by atoms with E-state index in [9.17, 15) is 17.6 Å². The van der Waals surface area contributed by atoms with E-state index in [0.29, 0.717) is 45.6 Å². The minimum absolute atomic E-state index is 0.0619. The average Bonchev–Trinajstić information content (AvgIpc) is 3.23. The lowest BCUT2D eigenvalue weighted by Gasteiger charge is -2.36. The van der Waals surface area contributed by atoms with Gasteiger partial charge in [0.05, 0.1) is 65.0 Å². The number of aryl methyl sites for hydroxylation is 1. The molecule has 0 saturated carbocycles. The Bertz CT molecular complexity index is 1770. The van der Waals surface area contributed by atoms with Crippen LogP contribution in [0.2, 0.25) is 0 Å². The molecule has 37 heavy (non-hydrogen) atoms. The molecule has 2 aliphatic rings. The van der Waals surface area contributed by atoms with Crippen LogP contribution in [-0.2, 0) is 23.6 Å². The van der Waals surface area contributed by atoms with Gasteiger partial charge in [0.2, 0.25) is 10.0 Å². The summed E-state index contributed by atoms with van der Waals surface area (Å²) in [4.78, 5) is 21.7. The topological polar surface area (TPSA) is 94.5 Å². The van der Waals surface area contributed by atoms with E-state index in [1.54, 1.807) is 37.3 Å². The highest BCUT2D eigenvalue weighted by Gasteiger charge is 2.34. The van der Waals surface area contributed by atoms with Gasteiger partial charge in [0.25, 0.3) is 5.56 Å². The van der Waals surface area contributed by atoms with Gasteiger partial charge in [-0.15, -0.1) is 0 Å². The summed E-state index contributed by atoms with van der Waals surface area (Å²) in [5, 5.41) is 0.668. The van der Waals surface area contributed by atoms with Gasteiger partial charge in [-0.1, -0.05) is 0 Å². The van der Waals surface area contributed by atoms with Crippen molar-refractivity contribution in [1.82, 2.24) is 14.5 Å². The first-order valence-electron chi connectivity index (χ1n) is 11.5. The van der Waals surface area contributed by atoms with E-state index in [1.807, 2.05) is 9.18 Å². The number of halogens is 3. The van der Waals surface area contributed by atoms with Gasteiger partial charge in [-0.2, -0.15) is 0 Å². The number of nitrogens with zero attached hydrogens (tertiary/aromatic N) is 5. The normalized spacial score (nSPS) is 15.1. The fourth-order valence-corrected chi connectivity index (χ4v) is 6.80. The van der Waals surface area contributed by atoms with Crippen LogP contribution in [0.1, 0.15) is 12.5 Å². The summed E-state index contributed by atoms with van der Waals surface area (Å²) in [6.07, 6.45) is 4.36. The number of hydrogen-bond acceptors (Lipinski definition) is 6. The summed E-state index contributed by atoms with van der Waals surface area (Å²) in [7, 11) is -1.93. The first-order valence-corrected chi connectivity index (χ1v) is 14.1. The van der Waals surface area contributed by atoms with Crippen LogP contribution in [0, 0.1) is 11.6 Å². The molecule has 1 N–H and O–H groups in total. The molecule has 0 unspecified atom stereocenters. The molecule has 9 nitrogen and oxygen atoms in total. The van der Waals surface area contributed by atoms with Gasteiger partial charge in [0.15, 0.2) is 11.6 Å². The van der Waals surface area contributed by atoms with Crippen LogP contribution in [0.5, 0.6) is 0 Å². The number of pyridine rings is 2. The van der Waals surface area contributed by atoms with E-state index < -0.39 is 21.7 Å². The molecule has 6 rings (SSSR count). The third-order valence-electron chi connectivity index (χ3n) is 6.86. The second-order valence-corrected chi connectivity index (χ2v) is 12.3. The Kier molecular flexibility index (Phi) is 5.49. The molecule has 3 aromatic heterocycles. The molecule has 0 amide bonds. The Morgan fingerprint density at radius 2 is 1.89 bits per heavy atom. The minimum atomic E-state index is -3.57. The molecule has 0 spiro atoms. The Balaban J connectivity index is 1.72. The highest BCUT2D eigenvalue weighted by molar-refractivity contribution is 14.1. The van der Waals surface area contributed by atoms with Gasteiger partial charge in [-0.05, 0) is 24.6 Å². The fraction of sp³-hybridized carbons (Fsp3) is 0.250. The summed E-state index contributed by atoms with van der Waals surface area (Å²) in [6, 6.07) is 4.37. The van der Waals surface area contributed by atoms with Crippen LogP contribution in [0.15, 0.2) is 41.6 Å². The lowest BCUT2D eigenvalue weighted by molar-refractivity contribution is 0.571. The molecule has 5 heterocycles. The van der Waals surface area contributed by atoms with E-state index in [4.69, 9.17) is 0 Å². The standard InChI is InChI=1S/C24H21F2IN6O3S/c1-3-37(35,36)33-5-4-32(27)19-8-18-15(7-20(19)33)16-12-30(2)24(34)22-21(16)13(9-28-22)11-31(18)23-17(26)6-14(25)10-29-23/h6-10,12,28H,3-5,11H2,1-2H3. The molecule has 0 atom stereocenters. The van der Waals surface area contributed by atoms with E-state index in [1.165, 1.54) is 8.87 Å². The molecule has 13 heteroatoms. The molecule has 0 bridgehead atoms. The summed E-state index contributed by atoms with van der Waals surface area (Å²) < 4.78 is 59.7. The zero-order chi connectivity index (χ0) is 26.2. The quantitative estimate of drug-likeness (QED) is 0.268. The zero-order valence-electron chi connectivity index (χ0n) is 19.8. The van der Waals surface area contributed by atoms with Crippen molar-refractivity contribution in [3.8, 4) is 11.1 Å². The lowest BCUT2D eigenvalue weighted by atomic mass is 9.99. The molecule has 4 aromatic rings. The van der Waals surface area contributed by atoms with Crippen molar-refractivity contribution >= 4 is 66.7 Å². The zero-order valence-corrected chi connectivity index (χ0v) is 22.8. The number of aromatic amines is 1. The Labute approximate surface area is 224 Å². The average molecular weight is 638 g/mol. The number of fused-ring (bicyclic) bond motifs is 3. The fourth-order valence-electron chi connectivity index (χ4n) is 5.08. The first-order chi connectivity index (χ1) is 17.6. The van der Waals surface area contributed by atoms with E-state index in [-0.39, 0.29) is 30.2 Å². The van der Waals surface area contributed by atoms with Gasteiger partial charge in [-0.3, -0.25) is 9.10 Å². The first kappa shape index (κ1) is 24.2. The van der Waals surface area contributed by atoms with E-state index in [0.717, 1.165) is 17.8 Å². The maximum absolute atomic E-state index is 15.1. The third-order valence-corrected chi connectivity index (χ3v) is 9.65. The molecular formula is C24H21F2IN6O3S. The number of benzene rings is 1. The minimum Gasteiger partial charge on any atom is -0.356 e. The molecule has 0 saturated heterocycles. The Hall–Kier alpha value is -3.20. The summed E-state index contributed by atoms with van der Waals surface area (Å²) in [6.45, 7) is 2.49. The van der Waals surface area contributed by atoms with Crippen molar-refractivity contribution in [2.75, 3.05) is 31.2 Å². The number of H-pyrrole nitrogens is 1. The Morgan fingerprint density at radius 3 is 2.62 bits per heavy atom. The van der Waals surface area contributed by atoms with Gasteiger partial charge in [0.1, 0.15) is 11.3 Å². The third kappa shape index (κ3) is 3.61. The second kappa shape index (κ2) is 8.41. The van der Waals surface area contributed by atoms with Crippen molar-refractivity contribution < 1.29 is 17.2 Å². The van der Waals surface area contributed by atoms with Crippen LogP contribution >= 0.6 is 22.9 Å². The predicted octanol–water partition coefficient (Wildman–Crippen LogP) is 4.18. The summed E-state index contributed by atoms with van der Waals surface area (Å²) in [5.41, 5.74) is 3.89. The number of hydrogen-bond donors (Lipinski definition) is 1. The molecule has 1 aromatic carbocycles. The van der Waals surface area contributed by atoms with Crippen molar-refractivity contribution in [1.29, 1.82) is 0 Å². The molecule has 0 fully saturated rings. The molecule has 0 radical (unpaired) electrons. The number of nitrogens with one attached hydrogen (secondary N) is 1. The number of aromatic nitrogens is 3. The van der Waals surface area contributed by atoms with Gasteiger partial charge < -0.3 is 17.6 Å². The number of rotatable bonds is 3. The smallest absolute Gasteiger partial charge is 0.274 e. The molecule has 0 aliphatic carbocycles. The maximum atomic E-state index is 15.1. The van der Waals surface area contributed by atoms with Crippen LogP contribution in [-0.4, -0.2) is 41.8 Å². The van der Waals surface area contributed by atoms with Gasteiger partial charge in [0, 0.05) is 48.6 Å². The highest BCUT2D eigenvalue weighted by Crippen LogP contribution is 2.49. The summed E-state index contributed by atoms with van der Waals surface area (Å²) >= 11 is 2.13. The Morgan fingerprint density at radius 1 is 1.11 bits per heavy atom. The lowest BCUT2D eigenvalue weighted by Crippen LogP contribution is -2.41. The van der Waals surface area contributed by atoms with Crippen molar-refractivity contribution in [2.24, 2.45) is 7.05 Å². The molecule has 192 valence electrons. The van der Waals surface area contributed by atoms with Crippen molar-refractivity contribution in [2.45, 2.75) is 13.5 Å². The van der Waals surface area contributed by atoms with Crippen molar-refractivity contribution in [3.63, 3.8) is 0 Å². The second-order valence-electron chi connectivity index (χ2n) is 8.98. The molecular weight excluding hydrogens is 617 g/mol. The van der Waals surface area contributed by atoms with Crippen LogP contribution in [0.4, 0.5) is 31.7 Å². The number of anilines is 4. The highest BCUT2D eigenvalue weighted by atomic mass is 127. The van der Waals surface area contributed by atoms with E-state index in [2.05, 4.69) is 32.8 Å². The monoisotopic (exact) mass is 638 g/mol. The van der Waals surface area contributed by atoms with Crippen LogP contribution < -0.4 is 17.9 Å². The number of sulfonamides is 1. The molecule has 2 aliphatic heterocycles. The van der Waals surface area contributed by atoms with Crippen LogP contribution in [0.25, 0.3) is 22.0 Å². The summed E-state index contributed by atoms with van der Waals surface area (Å²) in [5.74, 6) is -1.77. The van der Waals surface area contributed by atoms with Gasteiger partial charge >= 0.3 is 0 Å². The largest absolute Gasteiger partial charge is 0.356 e.